The van der Waals surface area contributed by atoms with Gasteiger partial charge in [0.25, 0.3) is 0 Å². The van der Waals surface area contributed by atoms with Gasteiger partial charge in [-0.15, -0.1) is 0 Å². The van der Waals surface area contributed by atoms with E-state index in [0.717, 1.165) is 11.3 Å². The highest BCUT2D eigenvalue weighted by Gasteiger charge is 2.36. The number of aryl methyl sites for hydroxylation is 1. The van der Waals surface area contributed by atoms with Crippen LogP contribution >= 0.6 is 12.6 Å². The van der Waals surface area contributed by atoms with E-state index in [4.69, 9.17) is 9.47 Å². The summed E-state index contributed by atoms with van der Waals surface area (Å²) in [4.78, 5) is 0. The van der Waals surface area contributed by atoms with Gasteiger partial charge in [0.15, 0.2) is 0 Å². The third-order valence-corrected chi connectivity index (χ3v) is 3.13. The van der Waals surface area contributed by atoms with Crippen molar-refractivity contribution < 1.29 is 9.47 Å². The second-order valence-electron chi connectivity index (χ2n) is 3.71. The van der Waals surface area contributed by atoms with Gasteiger partial charge in [-0.05, 0) is 24.1 Å². The van der Waals surface area contributed by atoms with Gasteiger partial charge in [-0.3, -0.25) is 0 Å². The van der Waals surface area contributed by atoms with Crippen LogP contribution in [0.3, 0.4) is 0 Å². The maximum Gasteiger partial charge on any atom is 0.121 e. The molecule has 0 spiro atoms. The number of thiol groups is 1. The van der Waals surface area contributed by atoms with Crippen molar-refractivity contribution in [3.8, 4) is 5.75 Å². The van der Waals surface area contributed by atoms with Gasteiger partial charge in [-0.25, -0.2) is 0 Å². The first kappa shape index (κ1) is 9.87. The van der Waals surface area contributed by atoms with Crippen molar-refractivity contribution in [3.05, 3.63) is 29.3 Å². The number of ether oxygens (including phenoxy) is 2. The minimum atomic E-state index is -0.0863. The molecule has 1 fully saturated rings. The lowest BCUT2D eigenvalue weighted by molar-refractivity contribution is -0.00972. The predicted molar refractivity (Wildman–Crippen MR) is 59.2 cm³/mol. The number of benzene rings is 1. The Morgan fingerprint density at radius 2 is 2.14 bits per heavy atom. The zero-order chi connectivity index (χ0) is 10.2. The minimum absolute atomic E-state index is 0.0863. The van der Waals surface area contributed by atoms with E-state index in [1.807, 2.05) is 13.0 Å². The number of hydrogen-bond acceptors (Lipinski definition) is 3. The van der Waals surface area contributed by atoms with E-state index in [0.29, 0.717) is 13.2 Å². The van der Waals surface area contributed by atoms with Crippen LogP contribution in [0.5, 0.6) is 5.75 Å². The van der Waals surface area contributed by atoms with Crippen molar-refractivity contribution in [2.24, 2.45) is 0 Å². The predicted octanol–water partition coefficient (Wildman–Crippen LogP) is 2.16. The minimum Gasteiger partial charge on any atom is -0.496 e. The fourth-order valence-corrected chi connectivity index (χ4v) is 1.95. The van der Waals surface area contributed by atoms with Gasteiger partial charge in [0.05, 0.1) is 25.1 Å². The van der Waals surface area contributed by atoms with Crippen molar-refractivity contribution in [1.82, 2.24) is 0 Å². The molecule has 2 rings (SSSR count). The molecule has 0 aromatic heterocycles. The largest absolute Gasteiger partial charge is 0.496 e. The fourth-order valence-electron chi connectivity index (χ4n) is 1.63. The zero-order valence-electron chi connectivity index (χ0n) is 8.41. The summed E-state index contributed by atoms with van der Waals surface area (Å²) in [6, 6.07) is 6.16. The van der Waals surface area contributed by atoms with Crippen LogP contribution in [0.2, 0.25) is 0 Å². The van der Waals surface area contributed by atoms with E-state index in [9.17, 15) is 0 Å². The molecule has 1 saturated heterocycles. The molecule has 1 aromatic carbocycles. The van der Waals surface area contributed by atoms with Crippen LogP contribution < -0.4 is 4.74 Å². The first-order chi connectivity index (χ1) is 6.65. The van der Waals surface area contributed by atoms with Crippen molar-refractivity contribution in [2.75, 3.05) is 20.3 Å². The molecule has 0 radical (unpaired) electrons. The van der Waals surface area contributed by atoms with Crippen LogP contribution in [-0.2, 0) is 9.48 Å². The summed E-state index contributed by atoms with van der Waals surface area (Å²) in [6.45, 7) is 3.43. The topological polar surface area (TPSA) is 18.5 Å². The van der Waals surface area contributed by atoms with Crippen molar-refractivity contribution in [3.63, 3.8) is 0 Å². The molecule has 1 aromatic rings. The Bertz CT molecular complexity index is 345. The monoisotopic (exact) mass is 210 g/mol. The fraction of sp³-hybridized carbons (Fsp3) is 0.455. The SMILES string of the molecule is COc1ccc(C2(S)COC2)cc1C. The standard InChI is InChI=1S/C11H14O2S/c1-8-5-9(3-4-10(8)12-2)11(14)6-13-7-11/h3-5,14H,6-7H2,1-2H3. The summed E-state index contributed by atoms with van der Waals surface area (Å²) >= 11 is 4.61. The number of methoxy groups -OCH3 is 1. The molecule has 1 heterocycles. The average Bonchev–Trinajstić information content (AvgIpc) is 2.14. The normalized spacial score (nSPS) is 18.8. The van der Waals surface area contributed by atoms with E-state index in [2.05, 4.69) is 24.8 Å². The molecule has 0 unspecified atom stereocenters. The van der Waals surface area contributed by atoms with Crippen LogP contribution in [-0.4, -0.2) is 20.3 Å². The van der Waals surface area contributed by atoms with Crippen LogP contribution in [0.4, 0.5) is 0 Å². The van der Waals surface area contributed by atoms with Crippen LogP contribution in [0, 0.1) is 6.92 Å². The third kappa shape index (κ3) is 1.51. The maximum absolute atomic E-state index is 5.21. The lowest BCUT2D eigenvalue weighted by atomic mass is 9.94. The van der Waals surface area contributed by atoms with Gasteiger partial charge in [-0.1, -0.05) is 12.1 Å². The van der Waals surface area contributed by atoms with Gasteiger partial charge in [0.1, 0.15) is 5.75 Å². The van der Waals surface area contributed by atoms with E-state index in [-0.39, 0.29) is 4.75 Å². The van der Waals surface area contributed by atoms with Crippen molar-refractivity contribution in [1.29, 1.82) is 0 Å². The zero-order valence-corrected chi connectivity index (χ0v) is 9.30. The molecule has 0 atom stereocenters. The van der Waals surface area contributed by atoms with Crippen LogP contribution in [0.15, 0.2) is 18.2 Å². The molecular formula is C11H14O2S. The summed E-state index contributed by atoms with van der Waals surface area (Å²) in [5, 5.41) is 0. The quantitative estimate of drug-likeness (QED) is 0.754. The van der Waals surface area contributed by atoms with Gasteiger partial charge < -0.3 is 9.47 Å². The molecule has 76 valence electrons. The Morgan fingerprint density at radius 1 is 1.43 bits per heavy atom. The Hall–Kier alpha value is -0.670. The van der Waals surface area contributed by atoms with Gasteiger partial charge in [0.2, 0.25) is 0 Å². The summed E-state index contributed by atoms with van der Waals surface area (Å²) in [6.07, 6.45) is 0. The number of rotatable bonds is 2. The summed E-state index contributed by atoms with van der Waals surface area (Å²) < 4.78 is 10.3. The van der Waals surface area contributed by atoms with E-state index < -0.39 is 0 Å². The highest BCUT2D eigenvalue weighted by Crippen LogP contribution is 2.37. The molecule has 3 heteroatoms. The Morgan fingerprint density at radius 3 is 2.57 bits per heavy atom. The molecule has 0 N–H and O–H groups in total. The van der Waals surface area contributed by atoms with Crippen LogP contribution in [0.25, 0.3) is 0 Å². The second-order valence-corrected chi connectivity index (χ2v) is 4.56. The van der Waals surface area contributed by atoms with Crippen molar-refractivity contribution >= 4 is 12.6 Å². The summed E-state index contributed by atoms with van der Waals surface area (Å²) in [5.74, 6) is 0.922. The number of hydrogen-bond donors (Lipinski definition) is 1. The Balaban J connectivity index is 2.32. The molecule has 0 bridgehead atoms. The molecule has 1 aliphatic heterocycles. The maximum atomic E-state index is 5.21. The smallest absolute Gasteiger partial charge is 0.121 e. The van der Waals surface area contributed by atoms with Gasteiger partial charge >= 0.3 is 0 Å². The first-order valence-electron chi connectivity index (χ1n) is 4.61. The highest BCUT2D eigenvalue weighted by molar-refractivity contribution is 7.81. The molecule has 0 amide bonds. The molecule has 1 aliphatic rings. The third-order valence-electron chi connectivity index (χ3n) is 2.61. The average molecular weight is 210 g/mol. The van der Waals surface area contributed by atoms with Gasteiger partial charge in [-0.2, -0.15) is 12.6 Å². The van der Waals surface area contributed by atoms with Crippen molar-refractivity contribution in [2.45, 2.75) is 11.7 Å². The molecule has 0 aliphatic carbocycles. The van der Waals surface area contributed by atoms with Crippen LogP contribution in [0.1, 0.15) is 11.1 Å². The molecule has 2 nitrogen and oxygen atoms in total. The van der Waals surface area contributed by atoms with E-state index in [1.165, 1.54) is 5.56 Å². The summed E-state index contributed by atoms with van der Waals surface area (Å²) in [5.41, 5.74) is 2.36. The van der Waals surface area contributed by atoms with E-state index in [1.54, 1.807) is 7.11 Å². The Kier molecular flexibility index (Phi) is 2.45. The second kappa shape index (κ2) is 3.48. The Labute approximate surface area is 89.6 Å². The first-order valence-corrected chi connectivity index (χ1v) is 5.06. The summed E-state index contributed by atoms with van der Waals surface area (Å²) in [7, 11) is 1.69. The molecule has 14 heavy (non-hydrogen) atoms. The lowest BCUT2D eigenvalue weighted by Gasteiger charge is -2.37. The molecule has 0 saturated carbocycles. The van der Waals surface area contributed by atoms with E-state index >= 15 is 0 Å². The molecular weight excluding hydrogens is 196 g/mol. The van der Waals surface area contributed by atoms with Gasteiger partial charge in [0, 0.05) is 0 Å². The highest BCUT2D eigenvalue weighted by atomic mass is 32.1. The lowest BCUT2D eigenvalue weighted by Crippen LogP contribution is -2.41.